The van der Waals surface area contributed by atoms with Crippen LogP contribution in [0, 0.1) is 0 Å². The van der Waals surface area contributed by atoms with E-state index in [1.54, 1.807) is 0 Å². The lowest BCUT2D eigenvalue weighted by Gasteiger charge is -2.12. The number of halogens is 3. The summed E-state index contributed by atoms with van der Waals surface area (Å²) in [5, 5.41) is 0. The minimum Gasteiger partial charge on any atom is -0.484 e. The fourth-order valence-electron chi connectivity index (χ4n) is 1.20. The van der Waals surface area contributed by atoms with Crippen molar-refractivity contribution in [3.63, 3.8) is 0 Å². The average Bonchev–Trinajstić information content (AvgIpc) is 2.34. The van der Waals surface area contributed by atoms with E-state index in [0.717, 1.165) is 0 Å². The number of hydrogen-bond donors (Lipinski definition) is 1. The number of hydrogen-bond acceptors (Lipinski definition) is 4. The van der Waals surface area contributed by atoms with Crippen LogP contribution < -0.4 is 10.5 Å². The number of nitrogens with two attached hydrogens (primary N) is 1. The van der Waals surface area contributed by atoms with E-state index in [4.69, 9.17) is 5.73 Å². The van der Waals surface area contributed by atoms with Crippen LogP contribution in [-0.2, 0) is 9.53 Å². The molecule has 0 saturated carbocycles. The predicted molar refractivity (Wildman–Crippen MR) is 56.9 cm³/mol. The van der Waals surface area contributed by atoms with Crippen LogP contribution in [0.15, 0.2) is 24.3 Å². The van der Waals surface area contributed by atoms with Crippen LogP contribution in [0.5, 0.6) is 5.75 Å². The lowest BCUT2D eigenvalue weighted by molar-refractivity contribution is -0.153. The number of carbonyl (C=O) groups is 1. The molecular formula is C11H12F3NO3. The van der Waals surface area contributed by atoms with Gasteiger partial charge in [0.05, 0.1) is 7.11 Å². The summed E-state index contributed by atoms with van der Waals surface area (Å²) in [7, 11) is 1.20. The second-order valence-corrected chi connectivity index (χ2v) is 3.47. The molecule has 1 rings (SSSR count). The van der Waals surface area contributed by atoms with Gasteiger partial charge >= 0.3 is 12.1 Å². The number of benzene rings is 1. The number of carbonyl (C=O) groups excluding carboxylic acids is 1. The quantitative estimate of drug-likeness (QED) is 0.841. The number of ether oxygens (including phenoxy) is 2. The largest absolute Gasteiger partial charge is 0.484 e. The third-order valence-electron chi connectivity index (χ3n) is 2.10. The summed E-state index contributed by atoms with van der Waals surface area (Å²) in [6.45, 7) is -1.37. The zero-order chi connectivity index (χ0) is 13.8. The summed E-state index contributed by atoms with van der Waals surface area (Å²) < 4.78 is 44.6. The van der Waals surface area contributed by atoms with Gasteiger partial charge in [0.1, 0.15) is 11.8 Å². The minimum atomic E-state index is -4.39. The highest BCUT2D eigenvalue weighted by atomic mass is 19.4. The zero-order valence-corrected chi connectivity index (χ0v) is 9.53. The van der Waals surface area contributed by atoms with Crippen molar-refractivity contribution in [3.05, 3.63) is 29.8 Å². The molecule has 4 nitrogen and oxygen atoms in total. The van der Waals surface area contributed by atoms with Crippen molar-refractivity contribution < 1.29 is 27.4 Å². The Kier molecular flexibility index (Phi) is 4.55. The molecule has 18 heavy (non-hydrogen) atoms. The Morgan fingerprint density at radius 2 is 1.89 bits per heavy atom. The first-order valence-electron chi connectivity index (χ1n) is 4.96. The van der Waals surface area contributed by atoms with E-state index in [2.05, 4.69) is 9.47 Å². The van der Waals surface area contributed by atoms with Crippen molar-refractivity contribution in [2.45, 2.75) is 12.2 Å². The normalized spacial score (nSPS) is 12.9. The second-order valence-electron chi connectivity index (χ2n) is 3.47. The Morgan fingerprint density at radius 3 is 2.33 bits per heavy atom. The molecule has 0 aliphatic heterocycles. The summed E-state index contributed by atoms with van der Waals surface area (Å²) >= 11 is 0. The molecule has 2 N–H and O–H groups in total. The van der Waals surface area contributed by atoms with E-state index in [1.807, 2.05) is 0 Å². The Labute approximate surface area is 101 Å². The first-order chi connectivity index (χ1) is 8.33. The molecule has 0 bridgehead atoms. The highest BCUT2D eigenvalue weighted by Gasteiger charge is 2.28. The van der Waals surface area contributed by atoms with Crippen molar-refractivity contribution >= 4 is 5.97 Å². The van der Waals surface area contributed by atoms with Crippen LogP contribution >= 0.6 is 0 Å². The second kappa shape index (κ2) is 5.72. The predicted octanol–water partition coefficient (Wildman–Crippen LogP) is 1.80. The first kappa shape index (κ1) is 14.3. The Balaban J connectivity index is 2.65. The zero-order valence-electron chi connectivity index (χ0n) is 9.53. The SMILES string of the molecule is COC(=O)C(N)c1ccc(OCC(F)(F)F)cc1. The molecule has 1 aromatic rings. The lowest BCUT2D eigenvalue weighted by atomic mass is 10.1. The summed E-state index contributed by atoms with van der Waals surface area (Å²) in [6, 6.07) is 4.47. The van der Waals surface area contributed by atoms with Crippen LogP contribution in [0.2, 0.25) is 0 Å². The topological polar surface area (TPSA) is 61.5 Å². The van der Waals surface area contributed by atoms with Crippen LogP contribution in [0.1, 0.15) is 11.6 Å². The smallest absolute Gasteiger partial charge is 0.422 e. The van der Waals surface area contributed by atoms with Gasteiger partial charge in [-0.25, -0.2) is 0 Å². The standard InChI is InChI=1S/C11H12F3NO3/c1-17-10(16)9(15)7-2-4-8(5-3-7)18-6-11(12,13)14/h2-5,9H,6,15H2,1H3. The fraction of sp³-hybridized carbons (Fsp3) is 0.364. The maximum absolute atomic E-state index is 11.9. The number of alkyl halides is 3. The highest BCUT2D eigenvalue weighted by molar-refractivity contribution is 5.77. The van der Waals surface area contributed by atoms with Gasteiger partial charge < -0.3 is 15.2 Å². The van der Waals surface area contributed by atoms with Gasteiger partial charge in [-0.1, -0.05) is 12.1 Å². The van der Waals surface area contributed by atoms with Gasteiger partial charge in [0.2, 0.25) is 0 Å². The molecular weight excluding hydrogens is 251 g/mol. The Bertz CT molecular complexity index is 403. The van der Waals surface area contributed by atoms with Crippen LogP contribution in [0.25, 0.3) is 0 Å². The van der Waals surface area contributed by atoms with Gasteiger partial charge in [-0.15, -0.1) is 0 Å². The number of methoxy groups -OCH3 is 1. The Morgan fingerprint density at radius 1 is 1.33 bits per heavy atom. The number of esters is 1. The van der Waals surface area contributed by atoms with E-state index in [0.29, 0.717) is 5.56 Å². The van der Waals surface area contributed by atoms with Gasteiger partial charge in [-0.3, -0.25) is 4.79 Å². The van der Waals surface area contributed by atoms with E-state index in [-0.39, 0.29) is 5.75 Å². The molecule has 7 heteroatoms. The van der Waals surface area contributed by atoms with E-state index >= 15 is 0 Å². The maximum atomic E-state index is 11.9. The van der Waals surface area contributed by atoms with Crippen molar-refractivity contribution in [3.8, 4) is 5.75 Å². The van der Waals surface area contributed by atoms with Gasteiger partial charge in [0, 0.05) is 0 Å². The fourth-order valence-corrected chi connectivity index (χ4v) is 1.20. The van der Waals surface area contributed by atoms with E-state index < -0.39 is 24.8 Å². The average molecular weight is 263 g/mol. The molecule has 0 saturated heterocycles. The Hall–Kier alpha value is -1.76. The molecule has 1 atom stereocenters. The van der Waals surface area contributed by atoms with Crippen molar-refractivity contribution in [2.75, 3.05) is 13.7 Å². The van der Waals surface area contributed by atoms with Crippen molar-refractivity contribution in [1.29, 1.82) is 0 Å². The molecule has 1 unspecified atom stereocenters. The van der Waals surface area contributed by atoms with Gasteiger partial charge in [0.25, 0.3) is 0 Å². The summed E-state index contributed by atoms with van der Waals surface area (Å²) in [5.74, 6) is -0.577. The van der Waals surface area contributed by atoms with Gasteiger partial charge in [0.15, 0.2) is 6.61 Å². The molecule has 0 amide bonds. The molecule has 0 spiro atoms. The van der Waals surface area contributed by atoms with Gasteiger partial charge in [-0.05, 0) is 17.7 Å². The minimum absolute atomic E-state index is 0.0492. The molecule has 0 aliphatic rings. The molecule has 100 valence electrons. The van der Waals surface area contributed by atoms with E-state index in [9.17, 15) is 18.0 Å². The van der Waals surface area contributed by atoms with Crippen molar-refractivity contribution in [1.82, 2.24) is 0 Å². The monoisotopic (exact) mass is 263 g/mol. The van der Waals surface area contributed by atoms with Crippen LogP contribution in [-0.4, -0.2) is 25.9 Å². The molecule has 1 aromatic carbocycles. The lowest BCUT2D eigenvalue weighted by Crippen LogP contribution is -2.22. The maximum Gasteiger partial charge on any atom is 0.422 e. The molecule has 0 aromatic heterocycles. The van der Waals surface area contributed by atoms with Crippen LogP contribution in [0.4, 0.5) is 13.2 Å². The molecule has 0 radical (unpaired) electrons. The summed E-state index contributed by atoms with van der Waals surface area (Å²) in [6.07, 6.45) is -4.39. The molecule has 0 heterocycles. The third kappa shape index (κ3) is 4.25. The third-order valence-corrected chi connectivity index (χ3v) is 2.10. The molecule has 0 fully saturated rings. The summed E-state index contributed by atoms with van der Waals surface area (Å²) in [5.41, 5.74) is 5.98. The van der Waals surface area contributed by atoms with E-state index in [1.165, 1.54) is 31.4 Å². The molecule has 0 aliphatic carbocycles. The van der Waals surface area contributed by atoms with Crippen molar-refractivity contribution in [2.24, 2.45) is 5.73 Å². The number of rotatable bonds is 4. The van der Waals surface area contributed by atoms with Gasteiger partial charge in [-0.2, -0.15) is 13.2 Å². The highest BCUT2D eigenvalue weighted by Crippen LogP contribution is 2.20. The van der Waals surface area contributed by atoms with Crippen LogP contribution in [0.3, 0.4) is 0 Å². The summed E-state index contributed by atoms with van der Waals surface area (Å²) in [4.78, 5) is 11.1. The first-order valence-corrected chi connectivity index (χ1v) is 4.96.